The first-order valence-electron chi connectivity index (χ1n) is 5.30. The number of rotatable bonds is 6. The molecule has 0 aromatic rings. The van der Waals surface area contributed by atoms with Gasteiger partial charge in [-0.25, -0.2) is 0 Å². The minimum atomic E-state index is -0.192. The second-order valence-corrected chi connectivity index (χ2v) is 3.92. The maximum Gasteiger partial charge on any atom is 0.249 e. The molecule has 1 atom stereocenters. The molecule has 0 spiro atoms. The quantitative estimate of drug-likeness (QED) is 0.546. The van der Waals surface area contributed by atoms with Crippen molar-refractivity contribution in [3.8, 4) is 0 Å². The van der Waals surface area contributed by atoms with Gasteiger partial charge in [-0.2, -0.15) is 0 Å². The SMILES string of the molecule is O=C(NCCCCCCl)C1CCCO1. The van der Waals surface area contributed by atoms with Crippen molar-refractivity contribution < 1.29 is 9.53 Å². The molecule has 1 heterocycles. The topological polar surface area (TPSA) is 38.3 Å². The van der Waals surface area contributed by atoms with Crippen LogP contribution in [-0.4, -0.2) is 31.0 Å². The van der Waals surface area contributed by atoms with E-state index in [0.717, 1.165) is 45.3 Å². The average Bonchev–Trinajstić information content (AvgIpc) is 2.70. The van der Waals surface area contributed by atoms with Gasteiger partial charge in [-0.1, -0.05) is 6.42 Å². The van der Waals surface area contributed by atoms with Crippen LogP contribution in [0, 0.1) is 0 Å². The van der Waals surface area contributed by atoms with E-state index in [9.17, 15) is 4.79 Å². The zero-order valence-electron chi connectivity index (χ0n) is 8.43. The van der Waals surface area contributed by atoms with Gasteiger partial charge in [-0.3, -0.25) is 4.79 Å². The van der Waals surface area contributed by atoms with Crippen molar-refractivity contribution in [1.29, 1.82) is 0 Å². The van der Waals surface area contributed by atoms with Crippen molar-refractivity contribution in [3.63, 3.8) is 0 Å². The van der Waals surface area contributed by atoms with Gasteiger partial charge in [0.05, 0.1) is 0 Å². The van der Waals surface area contributed by atoms with Crippen LogP contribution in [0.1, 0.15) is 32.1 Å². The first-order chi connectivity index (χ1) is 6.84. The largest absolute Gasteiger partial charge is 0.368 e. The minimum absolute atomic E-state index is 0.0494. The van der Waals surface area contributed by atoms with Crippen molar-refractivity contribution in [2.24, 2.45) is 0 Å². The van der Waals surface area contributed by atoms with E-state index in [1.165, 1.54) is 0 Å². The highest BCUT2D eigenvalue weighted by Gasteiger charge is 2.22. The highest BCUT2D eigenvalue weighted by atomic mass is 35.5. The number of alkyl halides is 1. The van der Waals surface area contributed by atoms with Crippen molar-refractivity contribution in [2.45, 2.75) is 38.2 Å². The summed E-state index contributed by atoms with van der Waals surface area (Å²) in [7, 11) is 0. The van der Waals surface area contributed by atoms with Gasteiger partial charge < -0.3 is 10.1 Å². The van der Waals surface area contributed by atoms with Gasteiger partial charge in [0.25, 0.3) is 0 Å². The Kier molecular flexibility index (Phi) is 5.96. The van der Waals surface area contributed by atoms with E-state index in [1.807, 2.05) is 0 Å². The second kappa shape index (κ2) is 7.07. The van der Waals surface area contributed by atoms with Crippen molar-refractivity contribution in [3.05, 3.63) is 0 Å². The maximum atomic E-state index is 11.4. The zero-order valence-corrected chi connectivity index (χ0v) is 9.18. The maximum absolute atomic E-state index is 11.4. The van der Waals surface area contributed by atoms with E-state index in [1.54, 1.807) is 0 Å². The number of carbonyl (C=O) groups is 1. The molecule has 14 heavy (non-hydrogen) atoms. The van der Waals surface area contributed by atoms with Crippen LogP contribution >= 0.6 is 11.6 Å². The number of unbranched alkanes of at least 4 members (excludes halogenated alkanes) is 2. The molecule has 82 valence electrons. The molecule has 1 saturated heterocycles. The lowest BCUT2D eigenvalue weighted by molar-refractivity contribution is -0.130. The number of ether oxygens (including phenoxy) is 1. The zero-order chi connectivity index (χ0) is 10.2. The summed E-state index contributed by atoms with van der Waals surface area (Å²) in [5, 5.41) is 2.88. The van der Waals surface area contributed by atoms with Crippen molar-refractivity contribution >= 4 is 17.5 Å². The molecule has 0 aromatic carbocycles. The highest BCUT2D eigenvalue weighted by molar-refractivity contribution is 6.17. The standard InChI is InChI=1S/C10H18ClNO2/c11-6-2-1-3-7-12-10(13)9-5-4-8-14-9/h9H,1-8H2,(H,12,13). The Balaban J connectivity index is 1.97. The van der Waals surface area contributed by atoms with Crippen LogP contribution in [0.2, 0.25) is 0 Å². The number of amides is 1. The van der Waals surface area contributed by atoms with Crippen LogP contribution in [-0.2, 0) is 9.53 Å². The molecule has 4 heteroatoms. The fourth-order valence-corrected chi connectivity index (χ4v) is 1.70. The average molecular weight is 220 g/mol. The Hall–Kier alpha value is -0.280. The fraction of sp³-hybridized carbons (Fsp3) is 0.900. The molecule has 1 fully saturated rings. The minimum Gasteiger partial charge on any atom is -0.368 e. The third-order valence-corrected chi connectivity index (χ3v) is 2.60. The lowest BCUT2D eigenvalue weighted by atomic mass is 10.2. The first-order valence-corrected chi connectivity index (χ1v) is 5.83. The molecule has 0 saturated carbocycles. The van der Waals surface area contributed by atoms with Gasteiger partial charge in [0.15, 0.2) is 0 Å². The number of nitrogens with one attached hydrogen (secondary N) is 1. The Morgan fingerprint density at radius 3 is 2.93 bits per heavy atom. The predicted molar refractivity (Wildman–Crippen MR) is 56.6 cm³/mol. The van der Waals surface area contributed by atoms with Gasteiger partial charge in [0.1, 0.15) is 6.10 Å². The van der Waals surface area contributed by atoms with Crippen LogP contribution in [0.3, 0.4) is 0 Å². The van der Waals surface area contributed by atoms with Crippen molar-refractivity contribution in [2.75, 3.05) is 19.0 Å². The molecule has 0 radical (unpaired) electrons. The van der Waals surface area contributed by atoms with Crippen LogP contribution in [0.4, 0.5) is 0 Å². The van der Waals surface area contributed by atoms with Gasteiger partial charge in [-0.05, 0) is 25.7 Å². The van der Waals surface area contributed by atoms with Crippen LogP contribution < -0.4 is 5.32 Å². The van der Waals surface area contributed by atoms with E-state index in [4.69, 9.17) is 16.3 Å². The van der Waals surface area contributed by atoms with Gasteiger partial charge >= 0.3 is 0 Å². The monoisotopic (exact) mass is 219 g/mol. The van der Waals surface area contributed by atoms with E-state index in [-0.39, 0.29) is 12.0 Å². The molecule has 3 nitrogen and oxygen atoms in total. The highest BCUT2D eigenvalue weighted by Crippen LogP contribution is 2.11. The Labute approximate surface area is 90.1 Å². The summed E-state index contributed by atoms with van der Waals surface area (Å²) in [6.07, 6.45) is 4.79. The second-order valence-electron chi connectivity index (χ2n) is 3.54. The summed E-state index contributed by atoms with van der Waals surface area (Å²) in [6.45, 7) is 1.47. The molecule has 1 rings (SSSR count). The van der Waals surface area contributed by atoms with Gasteiger partial charge in [0.2, 0.25) is 5.91 Å². The smallest absolute Gasteiger partial charge is 0.249 e. The van der Waals surface area contributed by atoms with Crippen LogP contribution in [0.15, 0.2) is 0 Å². The molecule has 1 amide bonds. The van der Waals surface area contributed by atoms with E-state index in [2.05, 4.69) is 5.32 Å². The molecule has 1 N–H and O–H groups in total. The van der Waals surface area contributed by atoms with E-state index in [0.29, 0.717) is 5.88 Å². The summed E-state index contributed by atoms with van der Waals surface area (Å²) in [6, 6.07) is 0. The molecule has 1 aliphatic heterocycles. The first kappa shape index (κ1) is 11.8. The molecule has 0 aliphatic carbocycles. The Bertz CT molecular complexity index is 170. The van der Waals surface area contributed by atoms with Crippen LogP contribution in [0.5, 0.6) is 0 Å². The summed E-state index contributed by atoms with van der Waals surface area (Å²) in [5.41, 5.74) is 0. The lowest BCUT2D eigenvalue weighted by Crippen LogP contribution is -2.34. The summed E-state index contributed by atoms with van der Waals surface area (Å²) in [4.78, 5) is 11.4. The molecule has 0 aromatic heterocycles. The third-order valence-electron chi connectivity index (χ3n) is 2.33. The van der Waals surface area contributed by atoms with Crippen LogP contribution in [0.25, 0.3) is 0 Å². The number of carbonyl (C=O) groups excluding carboxylic acids is 1. The fourth-order valence-electron chi connectivity index (χ4n) is 1.51. The third kappa shape index (κ3) is 4.29. The lowest BCUT2D eigenvalue weighted by Gasteiger charge is -2.09. The predicted octanol–water partition coefficient (Wildman–Crippen LogP) is 1.69. The normalized spacial score (nSPS) is 21.1. The summed E-state index contributed by atoms with van der Waals surface area (Å²) < 4.78 is 5.26. The van der Waals surface area contributed by atoms with Gasteiger partial charge in [-0.15, -0.1) is 11.6 Å². The Morgan fingerprint density at radius 2 is 2.29 bits per heavy atom. The Morgan fingerprint density at radius 1 is 1.43 bits per heavy atom. The number of hydrogen-bond acceptors (Lipinski definition) is 2. The number of halogens is 1. The van der Waals surface area contributed by atoms with E-state index < -0.39 is 0 Å². The summed E-state index contributed by atoms with van der Waals surface area (Å²) >= 11 is 5.54. The molecule has 1 aliphatic rings. The molecular weight excluding hydrogens is 202 g/mol. The van der Waals surface area contributed by atoms with E-state index >= 15 is 0 Å². The van der Waals surface area contributed by atoms with Crippen molar-refractivity contribution in [1.82, 2.24) is 5.32 Å². The molecular formula is C10H18ClNO2. The molecule has 0 bridgehead atoms. The van der Waals surface area contributed by atoms with Gasteiger partial charge in [0, 0.05) is 19.0 Å². The number of hydrogen-bond donors (Lipinski definition) is 1. The summed E-state index contributed by atoms with van der Waals surface area (Å²) in [5.74, 6) is 0.757. The molecule has 1 unspecified atom stereocenters.